The van der Waals surface area contributed by atoms with Gasteiger partial charge in [-0.3, -0.25) is 9.59 Å². The molecule has 2 amide bonds. The fraction of sp³-hybridized carbons (Fsp3) is 0.448. The third-order valence-electron chi connectivity index (χ3n) is 5.89. The maximum Gasteiger partial charge on any atom is 0.343 e. The van der Waals surface area contributed by atoms with Crippen LogP contribution in [0.15, 0.2) is 52.0 Å². The van der Waals surface area contributed by atoms with E-state index in [1.54, 1.807) is 30.3 Å². The number of halogens is 1. The number of esters is 1. The molecule has 0 saturated heterocycles. The van der Waals surface area contributed by atoms with Gasteiger partial charge in [-0.05, 0) is 43.2 Å². The summed E-state index contributed by atoms with van der Waals surface area (Å²) in [5.41, 5.74) is 4.18. The van der Waals surface area contributed by atoms with E-state index in [0.29, 0.717) is 23.3 Å². The highest BCUT2D eigenvalue weighted by Gasteiger charge is 2.13. The summed E-state index contributed by atoms with van der Waals surface area (Å²) < 4.78 is 6.33. The molecule has 0 unspecified atom stereocenters. The van der Waals surface area contributed by atoms with Crippen molar-refractivity contribution in [3.63, 3.8) is 0 Å². The van der Waals surface area contributed by atoms with Crippen LogP contribution in [0.25, 0.3) is 0 Å². The summed E-state index contributed by atoms with van der Waals surface area (Å²) in [6, 6.07) is 12.3. The lowest BCUT2D eigenvalue weighted by molar-refractivity contribution is -0.126. The SMILES string of the molecule is CCCCCCCCCCCC(=O)NCC(=O)NN=Cc1cc(Br)ccc1OC(=O)c1ccccc1C. The lowest BCUT2D eigenvalue weighted by Crippen LogP contribution is -2.34. The summed E-state index contributed by atoms with van der Waals surface area (Å²) in [5, 5.41) is 6.58. The second-order valence-electron chi connectivity index (χ2n) is 9.03. The number of hydrogen-bond donors (Lipinski definition) is 2. The van der Waals surface area contributed by atoms with E-state index in [0.717, 1.165) is 29.3 Å². The van der Waals surface area contributed by atoms with Crippen LogP contribution in [0.4, 0.5) is 0 Å². The number of unbranched alkanes of at least 4 members (excludes halogenated alkanes) is 8. The molecular formula is C29H38BrN3O4. The molecule has 0 saturated carbocycles. The molecule has 2 rings (SSSR count). The Morgan fingerprint density at radius 2 is 1.59 bits per heavy atom. The molecule has 2 aromatic carbocycles. The number of amides is 2. The Labute approximate surface area is 228 Å². The molecule has 2 N–H and O–H groups in total. The molecule has 0 aliphatic carbocycles. The molecule has 0 aliphatic rings. The Bertz CT molecular complexity index is 1060. The molecule has 200 valence electrons. The molecular weight excluding hydrogens is 534 g/mol. The zero-order valence-corrected chi connectivity index (χ0v) is 23.4. The molecule has 0 atom stereocenters. The first-order valence-electron chi connectivity index (χ1n) is 13.1. The van der Waals surface area contributed by atoms with Gasteiger partial charge in [-0.1, -0.05) is 92.4 Å². The molecule has 0 spiro atoms. The normalized spacial score (nSPS) is 10.9. The van der Waals surface area contributed by atoms with Crippen molar-refractivity contribution in [2.45, 2.75) is 78.1 Å². The minimum Gasteiger partial charge on any atom is -0.422 e. The topological polar surface area (TPSA) is 96.9 Å². The molecule has 0 radical (unpaired) electrons. The van der Waals surface area contributed by atoms with E-state index >= 15 is 0 Å². The van der Waals surface area contributed by atoms with Gasteiger partial charge in [0, 0.05) is 16.5 Å². The van der Waals surface area contributed by atoms with Crippen molar-refractivity contribution >= 4 is 39.9 Å². The Kier molecular flexibility index (Phi) is 14.3. The van der Waals surface area contributed by atoms with Crippen LogP contribution >= 0.6 is 15.9 Å². The van der Waals surface area contributed by atoms with E-state index in [-0.39, 0.29) is 12.5 Å². The maximum atomic E-state index is 12.6. The van der Waals surface area contributed by atoms with Gasteiger partial charge in [0.15, 0.2) is 0 Å². The van der Waals surface area contributed by atoms with Crippen molar-refractivity contribution in [1.82, 2.24) is 10.7 Å². The van der Waals surface area contributed by atoms with Crippen LogP contribution in [0.3, 0.4) is 0 Å². The Hall–Kier alpha value is -3.00. The average molecular weight is 573 g/mol. The molecule has 0 aliphatic heterocycles. The van der Waals surface area contributed by atoms with Gasteiger partial charge in [0.1, 0.15) is 5.75 Å². The van der Waals surface area contributed by atoms with E-state index < -0.39 is 11.9 Å². The highest BCUT2D eigenvalue weighted by molar-refractivity contribution is 9.10. The average Bonchev–Trinajstić information content (AvgIpc) is 2.88. The van der Waals surface area contributed by atoms with E-state index in [1.165, 1.54) is 44.7 Å². The molecule has 0 bridgehead atoms. The number of hydrogen-bond acceptors (Lipinski definition) is 5. The fourth-order valence-electron chi connectivity index (χ4n) is 3.75. The number of ether oxygens (including phenoxy) is 1. The van der Waals surface area contributed by atoms with Gasteiger partial charge in [0.05, 0.1) is 18.3 Å². The first kappa shape index (κ1) is 30.2. The Morgan fingerprint density at radius 3 is 2.30 bits per heavy atom. The predicted octanol–water partition coefficient (Wildman–Crippen LogP) is 6.46. The van der Waals surface area contributed by atoms with Crippen molar-refractivity contribution < 1.29 is 19.1 Å². The highest BCUT2D eigenvalue weighted by atomic mass is 79.9. The summed E-state index contributed by atoms with van der Waals surface area (Å²) >= 11 is 3.39. The lowest BCUT2D eigenvalue weighted by Gasteiger charge is -2.09. The van der Waals surface area contributed by atoms with Gasteiger partial charge in [-0.15, -0.1) is 0 Å². The minimum atomic E-state index is -0.478. The van der Waals surface area contributed by atoms with Crippen LogP contribution in [-0.2, 0) is 9.59 Å². The first-order valence-corrected chi connectivity index (χ1v) is 13.9. The van der Waals surface area contributed by atoms with E-state index in [9.17, 15) is 14.4 Å². The van der Waals surface area contributed by atoms with Gasteiger partial charge in [0.2, 0.25) is 5.91 Å². The zero-order chi connectivity index (χ0) is 26.9. The number of nitrogens with zero attached hydrogens (tertiary/aromatic N) is 1. The molecule has 8 heteroatoms. The van der Waals surface area contributed by atoms with Gasteiger partial charge in [-0.25, -0.2) is 10.2 Å². The summed E-state index contributed by atoms with van der Waals surface area (Å²) in [7, 11) is 0. The third kappa shape index (κ3) is 12.2. The second kappa shape index (κ2) is 17.5. The molecule has 2 aromatic rings. The maximum absolute atomic E-state index is 12.6. The van der Waals surface area contributed by atoms with Crippen LogP contribution in [-0.4, -0.2) is 30.5 Å². The first-order chi connectivity index (χ1) is 17.9. The Morgan fingerprint density at radius 1 is 0.919 bits per heavy atom. The van der Waals surface area contributed by atoms with Crippen molar-refractivity contribution in [3.8, 4) is 5.75 Å². The van der Waals surface area contributed by atoms with Crippen LogP contribution in [0.1, 0.15) is 92.6 Å². The molecule has 0 heterocycles. The molecule has 37 heavy (non-hydrogen) atoms. The number of carbonyl (C=O) groups is 3. The number of nitrogens with one attached hydrogen (secondary N) is 2. The van der Waals surface area contributed by atoms with Gasteiger partial charge in [-0.2, -0.15) is 5.10 Å². The van der Waals surface area contributed by atoms with Gasteiger partial charge >= 0.3 is 5.97 Å². The summed E-state index contributed by atoms with van der Waals surface area (Å²) in [4.78, 5) is 36.7. The quantitative estimate of drug-likeness (QED) is 0.0793. The smallest absolute Gasteiger partial charge is 0.343 e. The standard InChI is InChI=1S/C29H38BrN3O4/c1-3-4-5-6-7-8-9-10-11-16-27(34)31-21-28(35)33-32-20-23-19-24(30)17-18-26(23)37-29(36)25-15-13-12-14-22(25)2/h12-15,17-20H,3-11,16,21H2,1-2H3,(H,31,34)(H,33,35). The number of hydrazone groups is 1. The molecule has 0 fully saturated rings. The minimum absolute atomic E-state index is 0.139. The summed E-state index contributed by atoms with van der Waals surface area (Å²) in [6.07, 6.45) is 12.5. The molecule has 0 aromatic heterocycles. The van der Waals surface area contributed by atoms with Crippen LogP contribution in [0, 0.1) is 6.92 Å². The highest BCUT2D eigenvalue weighted by Crippen LogP contribution is 2.23. The number of rotatable bonds is 16. The summed E-state index contributed by atoms with van der Waals surface area (Å²) in [5.74, 6) is -0.748. The van der Waals surface area contributed by atoms with Crippen LogP contribution < -0.4 is 15.5 Å². The van der Waals surface area contributed by atoms with Gasteiger partial charge < -0.3 is 10.1 Å². The largest absolute Gasteiger partial charge is 0.422 e. The monoisotopic (exact) mass is 571 g/mol. The van der Waals surface area contributed by atoms with Gasteiger partial charge in [0.25, 0.3) is 5.91 Å². The van der Waals surface area contributed by atoms with E-state index in [2.05, 4.69) is 38.7 Å². The van der Waals surface area contributed by atoms with E-state index in [4.69, 9.17) is 4.74 Å². The van der Waals surface area contributed by atoms with Crippen molar-refractivity contribution in [1.29, 1.82) is 0 Å². The lowest BCUT2D eigenvalue weighted by atomic mass is 10.1. The fourth-order valence-corrected chi connectivity index (χ4v) is 4.13. The Balaban J connectivity index is 1.72. The second-order valence-corrected chi connectivity index (χ2v) is 9.95. The third-order valence-corrected chi connectivity index (χ3v) is 6.38. The number of carbonyl (C=O) groups excluding carboxylic acids is 3. The predicted molar refractivity (Wildman–Crippen MR) is 151 cm³/mol. The summed E-state index contributed by atoms with van der Waals surface area (Å²) in [6.45, 7) is 3.90. The number of aryl methyl sites for hydroxylation is 1. The molecule has 7 nitrogen and oxygen atoms in total. The van der Waals surface area contributed by atoms with Crippen LogP contribution in [0.2, 0.25) is 0 Å². The number of benzene rings is 2. The van der Waals surface area contributed by atoms with Crippen LogP contribution in [0.5, 0.6) is 5.75 Å². The van der Waals surface area contributed by atoms with Crippen molar-refractivity contribution in [2.24, 2.45) is 5.10 Å². The van der Waals surface area contributed by atoms with Crippen molar-refractivity contribution in [2.75, 3.05) is 6.54 Å². The zero-order valence-electron chi connectivity index (χ0n) is 21.9. The van der Waals surface area contributed by atoms with E-state index in [1.807, 2.05) is 19.1 Å². The van der Waals surface area contributed by atoms with Crippen molar-refractivity contribution in [3.05, 3.63) is 63.6 Å².